The van der Waals surface area contributed by atoms with E-state index in [9.17, 15) is 9.59 Å². The number of piperazine rings is 1. The Hall–Kier alpha value is -4.53. The van der Waals surface area contributed by atoms with Gasteiger partial charge in [-0.2, -0.15) is 0 Å². The summed E-state index contributed by atoms with van der Waals surface area (Å²) in [4.78, 5) is 39.8. The normalized spacial score (nSPS) is 18.1. The average Bonchev–Trinajstić information content (AvgIpc) is 3.60. The van der Waals surface area contributed by atoms with Crippen LogP contribution in [0.4, 0.5) is 0 Å². The van der Waals surface area contributed by atoms with Crippen LogP contribution in [0.2, 0.25) is 0 Å². The minimum atomic E-state index is -0.695. The summed E-state index contributed by atoms with van der Waals surface area (Å²) in [5.74, 6) is 1.03. The third-order valence-corrected chi connectivity index (χ3v) is 9.45. The summed E-state index contributed by atoms with van der Waals surface area (Å²) in [7, 11) is 0. The van der Waals surface area contributed by atoms with Gasteiger partial charge in [-0.05, 0) is 64.3 Å². The first-order valence-corrected chi connectivity index (χ1v) is 16.8. The van der Waals surface area contributed by atoms with Gasteiger partial charge in [-0.1, -0.05) is 98.8 Å². The Kier molecular flexibility index (Phi) is 9.99. The van der Waals surface area contributed by atoms with Crippen LogP contribution in [-0.4, -0.2) is 68.8 Å². The Balaban J connectivity index is 1.22. The van der Waals surface area contributed by atoms with Crippen LogP contribution >= 0.6 is 0 Å². The summed E-state index contributed by atoms with van der Waals surface area (Å²) in [5.41, 5.74) is 15.4. The number of carbonyl (C=O) groups excluding carboxylic acids is 2. The zero-order chi connectivity index (χ0) is 32.9. The van der Waals surface area contributed by atoms with Crippen LogP contribution in [0.15, 0.2) is 97.3 Å². The Labute approximate surface area is 277 Å². The van der Waals surface area contributed by atoms with Crippen LogP contribution < -0.4 is 11.5 Å². The molecule has 2 heterocycles. The maximum absolute atomic E-state index is 14.2. The molecule has 4 atom stereocenters. The lowest BCUT2D eigenvalue weighted by atomic mass is 9.93. The third-order valence-electron chi connectivity index (χ3n) is 9.45. The molecule has 47 heavy (non-hydrogen) atoms. The van der Waals surface area contributed by atoms with Crippen LogP contribution in [0.3, 0.4) is 0 Å². The van der Waals surface area contributed by atoms with Crippen LogP contribution in [0.25, 0.3) is 21.5 Å². The number of aromatic nitrogens is 2. The highest BCUT2D eigenvalue weighted by Gasteiger charge is 2.41. The summed E-state index contributed by atoms with van der Waals surface area (Å²) >= 11 is 0. The number of nitrogens with one attached hydrogen (secondary N) is 1. The van der Waals surface area contributed by atoms with E-state index in [1.165, 1.54) is 0 Å². The van der Waals surface area contributed by atoms with Gasteiger partial charge in [0.05, 0.1) is 12.1 Å². The van der Waals surface area contributed by atoms with Gasteiger partial charge < -0.3 is 26.3 Å². The van der Waals surface area contributed by atoms with E-state index in [-0.39, 0.29) is 23.9 Å². The Bertz CT molecular complexity index is 1820. The molecule has 0 spiro atoms. The van der Waals surface area contributed by atoms with Crippen molar-refractivity contribution in [1.29, 1.82) is 0 Å². The van der Waals surface area contributed by atoms with Crippen molar-refractivity contribution in [3.63, 3.8) is 0 Å². The molecule has 1 fully saturated rings. The third kappa shape index (κ3) is 7.72. The molecule has 5 aromatic rings. The number of nitrogens with zero attached hydrogens (tertiary/aromatic N) is 3. The van der Waals surface area contributed by atoms with Crippen LogP contribution in [0.5, 0.6) is 0 Å². The molecule has 1 aromatic heterocycles. The number of benzene rings is 4. The number of imidazole rings is 1. The monoisotopic (exact) mass is 630 g/mol. The van der Waals surface area contributed by atoms with Gasteiger partial charge in [0.15, 0.2) is 0 Å². The van der Waals surface area contributed by atoms with Crippen molar-refractivity contribution >= 4 is 33.4 Å². The lowest BCUT2D eigenvalue weighted by Gasteiger charge is -2.48. The predicted octanol–water partition coefficient (Wildman–Crippen LogP) is 5.24. The number of aromatic amines is 1. The second-order valence-electron chi connectivity index (χ2n) is 13.5. The van der Waals surface area contributed by atoms with E-state index < -0.39 is 12.1 Å². The smallest absolute Gasteiger partial charge is 0.240 e. The van der Waals surface area contributed by atoms with E-state index in [0.29, 0.717) is 44.7 Å². The topological polar surface area (TPSA) is 121 Å². The van der Waals surface area contributed by atoms with E-state index in [1.54, 1.807) is 12.4 Å². The van der Waals surface area contributed by atoms with Crippen molar-refractivity contribution in [2.45, 2.75) is 70.1 Å². The van der Waals surface area contributed by atoms with Crippen LogP contribution in [0, 0.1) is 5.92 Å². The van der Waals surface area contributed by atoms with Gasteiger partial charge in [0.25, 0.3) is 0 Å². The van der Waals surface area contributed by atoms with E-state index in [2.05, 4.69) is 84.5 Å². The molecule has 1 unspecified atom stereocenters. The number of aryl methyl sites for hydroxylation is 1. The molecule has 1 saturated heterocycles. The van der Waals surface area contributed by atoms with Gasteiger partial charge in [-0.15, -0.1) is 0 Å². The van der Waals surface area contributed by atoms with Gasteiger partial charge in [0.1, 0.15) is 5.82 Å². The molecule has 0 aliphatic carbocycles. The molecule has 8 nitrogen and oxygen atoms in total. The fourth-order valence-electron chi connectivity index (χ4n) is 7.06. The lowest BCUT2D eigenvalue weighted by molar-refractivity contribution is -0.149. The summed E-state index contributed by atoms with van der Waals surface area (Å²) in [6.45, 7) is 5.15. The second-order valence-corrected chi connectivity index (χ2v) is 13.5. The molecule has 0 bridgehead atoms. The molecule has 8 heteroatoms. The Morgan fingerprint density at radius 2 is 1.28 bits per heavy atom. The highest BCUT2D eigenvalue weighted by molar-refractivity contribution is 5.87. The zero-order valence-corrected chi connectivity index (χ0v) is 27.4. The largest absolute Gasteiger partial charge is 0.349 e. The minimum Gasteiger partial charge on any atom is -0.349 e. The number of carbonyl (C=O) groups is 2. The van der Waals surface area contributed by atoms with Gasteiger partial charge in [0, 0.05) is 44.0 Å². The highest BCUT2D eigenvalue weighted by atomic mass is 16.2. The highest BCUT2D eigenvalue weighted by Crippen LogP contribution is 2.26. The van der Waals surface area contributed by atoms with Crippen molar-refractivity contribution in [1.82, 2.24) is 19.8 Å². The molecule has 6 rings (SSSR count). The van der Waals surface area contributed by atoms with Crippen LogP contribution in [0.1, 0.15) is 43.6 Å². The number of amides is 2. The first kappa shape index (κ1) is 32.4. The van der Waals surface area contributed by atoms with Gasteiger partial charge >= 0.3 is 0 Å². The van der Waals surface area contributed by atoms with Gasteiger partial charge in [0.2, 0.25) is 11.8 Å². The van der Waals surface area contributed by atoms with Crippen molar-refractivity contribution < 1.29 is 9.59 Å². The maximum Gasteiger partial charge on any atom is 0.240 e. The van der Waals surface area contributed by atoms with E-state index >= 15 is 0 Å². The number of hydrogen-bond acceptors (Lipinski definition) is 5. The first-order valence-electron chi connectivity index (χ1n) is 16.8. The second kappa shape index (κ2) is 14.5. The predicted molar refractivity (Wildman–Crippen MR) is 189 cm³/mol. The summed E-state index contributed by atoms with van der Waals surface area (Å²) < 4.78 is 0. The maximum atomic E-state index is 14.2. The fraction of sp³-hybridized carbons (Fsp3) is 0.359. The lowest BCUT2D eigenvalue weighted by Crippen LogP contribution is -2.65. The molecular formula is C39H46N6O2. The number of rotatable bonds is 11. The number of nitrogens with two attached hydrogens (primary N) is 2. The van der Waals surface area contributed by atoms with Crippen LogP contribution in [-0.2, 0) is 28.9 Å². The molecular weight excluding hydrogens is 584 g/mol. The van der Waals surface area contributed by atoms with Gasteiger partial charge in [-0.3, -0.25) is 9.59 Å². The Morgan fingerprint density at radius 3 is 1.79 bits per heavy atom. The van der Waals surface area contributed by atoms with Crippen molar-refractivity contribution in [3.05, 3.63) is 114 Å². The quantitative estimate of drug-likeness (QED) is 0.184. The molecule has 0 saturated carbocycles. The Morgan fingerprint density at radius 1 is 0.766 bits per heavy atom. The van der Waals surface area contributed by atoms with Crippen molar-refractivity contribution in [3.8, 4) is 0 Å². The molecule has 1 aliphatic rings. The minimum absolute atomic E-state index is 0.0700. The van der Waals surface area contributed by atoms with E-state index in [0.717, 1.165) is 44.9 Å². The van der Waals surface area contributed by atoms with Crippen molar-refractivity contribution in [2.24, 2.45) is 17.4 Å². The SMILES string of the molecule is CC(C)C[C@@H]1CN(C(=O)[C@H](N)Cc2ccc3ccccc3c2)C(CCc2ncc[nH]2)CN1C(=O)[C@H](N)Cc1ccc2ccccc2c1. The van der Waals surface area contributed by atoms with E-state index in [1.807, 2.05) is 34.1 Å². The fourth-order valence-corrected chi connectivity index (χ4v) is 7.06. The summed E-state index contributed by atoms with van der Waals surface area (Å²) in [6, 6.07) is 27.2. The molecule has 1 aliphatic heterocycles. The number of hydrogen-bond donors (Lipinski definition) is 3. The molecule has 4 aromatic carbocycles. The average molecular weight is 631 g/mol. The summed E-state index contributed by atoms with van der Waals surface area (Å²) in [6.07, 6.45) is 6.51. The standard InChI is InChI=1S/C39H46N6O2/c1-26(2)19-34-25-44(38(46)35(40)22-27-11-13-29-7-3-5-9-31(29)20-27)33(15-16-37-42-17-18-43-37)24-45(34)39(47)36(41)23-28-12-14-30-8-4-6-10-32(30)21-28/h3-14,17-18,20-21,26,33-36H,15-16,19,22-25,40-41H2,1-2H3,(H,42,43)/t33?,34-,35-,36-/m1/s1. The molecule has 0 radical (unpaired) electrons. The number of fused-ring (bicyclic) bond motifs is 2. The van der Waals surface area contributed by atoms with Gasteiger partial charge in [-0.25, -0.2) is 4.98 Å². The molecule has 2 amide bonds. The van der Waals surface area contributed by atoms with E-state index in [4.69, 9.17) is 11.5 Å². The zero-order valence-electron chi connectivity index (χ0n) is 27.4. The first-order chi connectivity index (χ1) is 22.7. The molecule has 244 valence electrons. The number of H-pyrrole nitrogens is 1. The summed E-state index contributed by atoms with van der Waals surface area (Å²) in [5, 5.41) is 4.58. The molecule has 5 N–H and O–H groups in total. The van der Waals surface area contributed by atoms with Crippen molar-refractivity contribution in [2.75, 3.05) is 13.1 Å².